The van der Waals surface area contributed by atoms with Crippen molar-refractivity contribution in [3.05, 3.63) is 39.9 Å². The molecular weight excluding hydrogens is 397 g/mol. The third-order valence-corrected chi connectivity index (χ3v) is 6.48. The zero-order valence-corrected chi connectivity index (χ0v) is 17.7. The number of ketones is 1. The molecule has 0 radical (unpaired) electrons. The van der Waals surface area contributed by atoms with Crippen LogP contribution >= 0.6 is 23.2 Å². The molecule has 2 aliphatic rings. The molecule has 7 heteroatoms. The van der Waals surface area contributed by atoms with Crippen molar-refractivity contribution in [2.24, 2.45) is 0 Å². The summed E-state index contributed by atoms with van der Waals surface area (Å²) >= 11 is 12.0. The number of benzene rings is 1. The smallest absolute Gasteiger partial charge is 0.234 e. The molecule has 1 N–H and O–H groups in total. The molecule has 1 amide bonds. The number of piperazine rings is 1. The van der Waals surface area contributed by atoms with Crippen LogP contribution in [0, 0.1) is 0 Å². The maximum atomic E-state index is 13.2. The zero-order chi connectivity index (χ0) is 20.1. The zero-order valence-electron chi connectivity index (χ0n) is 16.2. The molecule has 5 nitrogen and oxygen atoms in total. The topological polar surface area (TPSA) is 52.7 Å². The molecule has 28 heavy (non-hydrogen) atoms. The Morgan fingerprint density at radius 3 is 2.64 bits per heavy atom. The summed E-state index contributed by atoms with van der Waals surface area (Å²) in [6.45, 7) is 6.53. The number of rotatable bonds is 7. The summed E-state index contributed by atoms with van der Waals surface area (Å²) < 4.78 is 0. The standard InChI is InChI=1S/C21H27Cl2N3O2/c1-21(26-10-2-3-11-26,8-12-25-13-9-24-20(28)15-25)19(27)7-5-16-4-6-17(22)18(23)14-16/h4-7,14H,2-3,8-13,15H2,1H3,(H,24,28)/b7-5+. The first-order valence-electron chi connectivity index (χ1n) is 9.80. The Hall–Kier alpha value is -1.40. The minimum Gasteiger partial charge on any atom is -0.354 e. The van der Waals surface area contributed by atoms with Gasteiger partial charge in [-0.2, -0.15) is 0 Å². The monoisotopic (exact) mass is 423 g/mol. The van der Waals surface area contributed by atoms with Crippen LogP contribution < -0.4 is 5.32 Å². The Labute approximate surface area is 176 Å². The summed E-state index contributed by atoms with van der Waals surface area (Å²) in [5.41, 5.74) is 0.274. The van der Waals surface area contributed by atoms with Crippen LogP contribution in [0.4, 0.5) is 0 Å². The van der Waals surface area contributed by atoms with Gasteiger partial charge in [0, 0.05) is 19.6 Å². The van der Waals surface area contributed by atoms with E-state index in [0.29, 0.717) is 29.6 Å². The second-order valence-corrected chi connectivity index (χ2v) is 8.53. The number of nitrogens with zero attached hydrogens (tertiary/aromatic N) is 2. The van der Waals surface area contributed by atoms with E-state index >= 15 is 0 Å². The maximum Gasteiger partial charge on any atom is 0.234 e. The van der Waals surface area contributed by atoms with Gasteiger partial charge in [-0.05, 0) is 63.0 Å². The van der Waals surface area contributed by atoms with E-state index in [4.69, 9.17) is 23.2 Å². The van der Waals surface area contributed by atoms with Gasteiger partial charge in [-0.3, -0.25) is 19.4 Å². The lowest BCUT2D eigenvalue weighted by Gasteiger charge is -2.38. The fraction of sp³-hybridized carbons (Fsp3) is 0.524. The van der Waals surface area contributed by atoms with Gasteiger partial charge in [0.2, 0.25) is 5.91 Å². The van der Waals surface area contributed by atoms with Gasteiger partial charge in [0.05, 0.1) is 22.1 Å². The number of hydrogen-bond acceptors (Lipinski definition) is 4. The van der Waals surface area contributed by atoms with Crippen molar-refractivity contribution in [2.75, 3.05) is 39.3 Å². The Balaban J connectivity index is 1.72. The summed E-state index contributed by atoms with van der Waals surface area (Å²) in [5.74, 6) is 0.141. The van der Waals surface area contributed by atoms with E-state index in [1.165, 1.54) is 0 Å². The minimum atomic E-state index is -0.572. The van der Waals surface area contributed by atoms with E-state index in [1.807, 2.05) is 13.0 Å². The van der Waals surface area contributed by atoms with E-state index in [1.54, 1.807) is 24.3 Å². The van der Waals surface area contributed by atoms with E-state index in [9.17, 15) is 9.59 Å². The normalized spacial score (nSPS) is 21.0. The summed E-state index contributed by atoms with van der Waals surface area (Å²) in [6, 6.07) is 5.33. The highest BCUT2D eigenvalue weighted by Crippen LogP contribution is 2.28. The molecule has 0 aliphatic carbocycles. The average molecular weight is 424 g/mol. The van der Waals surface area contributed by atoms with Crippen LogP contribution in [-0.4, -0.2) is 66.3 Å². The van der Waals surface area contributed by atoms with Crippen molar-refractivity contribution in [1.82, 2.24) is 15.1 Å². The molecule has 0 bridgehead atoms. The number of carbonyl (C=O) groups is 2. The molecule has 0 aromatic heterocycles. The molecule has 2 heterocycles. The second kappa shape index (κ2) is 9.40. The summed E-state index contributed by atoms with van der Waals surface area (Å²) in [4.78, 5) is 29.3. The number of amides is 1. The Morgan fingerprint density at radius 2 is 1.96 bits per heavy atom. The molecule has 2 aliphatic heterocycles. The van der Waals surface area contributed by atoms with Gasteiger partial charge >= 0.3 is 0 Å². The van der Waals surface area contributed by atoms with Crippen molar-refractivity contribution >= 4 is 41.0 Å². The molecule has 2 fully saturated rings. The number of hydrogen-bond donors (Lipinski definition) is 1. The first-order valence-corrected chi connectivity index (χ1v) is 10.6. The summed E-state index contributed by atoms with van der Waals surface area (Å²) in [5, 5.41) is 3.82. The van der Waals surface area contributed by atoms with Crippen LogP contribution in [0.5, 0.6) is 0 Å². The fourth-order valence-electron chi connectivity index (χ4n) is 3.87. The van der Waals surface area contributed by atoms with Crippen molar-refractivity contribution in [1.29, 1.82) is 0 Å². The van der Waals surface area contributed by atoms with Crippen molar-refractivity contribution in [3.8, 4) is 0 Å². The van der Waals surface area contributed by atoms with Crippen LogP contribution in [-0.2, 0) is 9.59 Å². The highest BCUT2D eigenvalue weighted by atomic mass is 35.5. The quantitative estimate of drug-likeness (QED) is 0.683. The molecule has 0 saturated carbocycles. The predicted octanol–water partition coefficient (Wildman–Crippen LogP) is 3.25. The lowest BCUT2D eigenvalue weighted by atomic mass is 9.89. The third-order valence-electron chi connectivity index (χ3n) is 5.74. The molecule has 1 aromatic rings. The Morgan fingerprint density at radius 1 is 1.21 bits per heavy atom. The van der Waals surface area contributed by atoms with Crippen molar-refractivity contribution < 1.29 is 9.59 Å². The molecule has 1 unspecified atom stereocenters. The number of nitrogens with one attached hydrogen (secondary N) is 1. The van der Waals surface area contributed by atoms with Gasteiger partial charge in [0.15, 0.2) is 5.78 Å². The van der Waals surface area contributed by atoms with Crippen LogP contribution in [0.15, 0.2) is 24.3 Å². The van der Waals surface area contributed by atoms with E-state index in [2.05, 4.69) is 15.1 Å². The Bertz CT molecular complexity index is 762. The highest BCUT2D eigenvalue weighted by Gasteiger charge is 2.39. The van der Waals surface area contributed by atoms with Crippen molar-refractivity contribution in [2.45, 2.75) is 31.7 Å². The first kappa shape index (κ1) is 21.3. The lowest BCUT2D eigenvalue weighted by Crippen LogP contribution is -2.54. The molecular formula is C21H27Cl2N3O2. The first-order chi connectivity index (χ1) is 13.4. The SMILES string of the molecule is CC(CCN1CCNC(=O)C1)(C(=O)/C=C/c1ccc(Cl)c(Cl)c1)N1CCCC1. The number of halogens is 2. The van der Waals surface area contributed by atoms with Crippen LogP contribution in [0.25, 0.3) is 6.08 Å². The minimum absolute atomic E-state index is 0.0555. The fourth-order valence-corrected chi connectivity index (χ4v) is 4.18. The number of carbonyl (C=O) groups excluding carboxylic acids is 2. The van der Waals surface area contributed by atoms with E-state index in [-0.39, 0.29) is 11.7 Å². The molecule has 1 aromatic carbocycles. The summed E-state index contributed by atoms with van der Waals surface area (Å²) in [7, 11) is 0. The lowest BCUT2D eigenvalue weighted by molar-refractivity contribution is -0.126. The van der Waals surface area contributed by atoms with Crippen LogP contribution in [0.3, 0.4) is 0 Å². The summed E-state index contributed by atoms with van der Waals surface area (Å²) in [6.07, 6.45) is 6.38. The van der Waals surface area contributed by atoms with Gasteiger partial charge in [0.25, 0.3) is 0 Å². The largest absolute Gasteiger partial charge is 0.354 e. The van der Waals surface area contributed by atoms with Crippen LogP contribution in [0.2, 0.25) is 10.0 Å². The van der Waals surface area contributed by atoms with Gasteiger partial charge in [0.1, 0.15) is 0 Å². The maximum absolute atomic E-state index is 13.2. The van der Waals surface area contributed by atoms with Gasteiger partial charge in [-0.25, -0.2) is 0 Å². The van der Waals surface area contributed by atoms with Gasteiger partial charge < -0.3 is 5.32 Å². The average Bonchev–Trinajstić information content (AvgIpc) is 3.22. The van der Waals surface area contributed by atoms with Gasteiger partial charge in [-0.1, -0.05) is 35.3 Å². The van der Waals surface area contributed by atoms with Crippen LogP contribution in [0.1, 0.15) is 31.7 Å². The number of likely N-dealkylation sites (tertiary alicyclic amines) is 1. The van der Waals surface area contributed by atoms with E-state index < -0.39 is 5.54 Å². The third kappa shape index (κ3) is 5.15. The van der Waals surface area contributed by atoms with Crippen molar-refractivity contribution in [3.63, 3.8) is 0 Å². The van der Waals surface area contributed by atoms with Gasteiger partial charge in [-0.15, -0.1) is 0 Å². The predicted molar refractivity (Wildman–Crippen MR) is 114 cm³/mol. The Kier molecular flexibility index (Phi) is 7.15. The second-order valence-electron chi connectivity index (χ2n) is 7.72. The molecule has 1 atom stereocenters. The molecule has 0 spiro atoms. The highest BCUT2D eigenvalue weighted by molar-refractivity contribution is 6.42. The molecule has 3 rings (SSSR count). The molecule has 2 saturated heterocycles. The molecule has 152 valence electrons. The van der Waals surface area contributed by atoms with E-state index in [0.717, 1.165) is 44.6 Å².